The van der Waals surface area contributed by atoms with Crippen LogP contribution < -0.4 is 11.2 Å². The van der Waals surface area contributed by atoms with E-state index in [2.05, 4.69) is 11.6 Å². The fourth-order valence-corrected chi connectivity index (χ4v) is 2.44. The topological polar surface area (TPSA) is 82.1 Å². The summed E-state index contributed by atoms with van der Waals surface area (Å²) in [6, 6.07) is -0.377. The van der Waals surface area contributed by atoms with E-state index in [1.54, 1.807) is 24.6 Å². The molecular weight excluding hydrogens is 272 g/mol. The van der Waals surface area contributed by atoms with Gasteiger partial charge >= 0.3 is 5.69 Å². The average molecular weight is 292 g/mol. The van der Waals surface area contributed by atoms with Gasteiger partial charge in [0.25, 0.3) is 5.56 Å². The van der Waals surface area contributed by atoms with Gasteiger partial charge in [-0.2, -0.15) is 0 Å². The smallest absolute Gasteiger partial charge is 0.332 e. The molecule has 2 atom stereocenters. The summed E-state index contributed by atoms with van der Waals surface area (Å²) in [5.74, 6) is 0. The lowest BCUT2D eigenvalue weighted by Gasteiger charge is -2.30. The number of rotatable bonds is 4. The molecule has 21 heavy (non-hydrogen) atoms. The molecule has 2 aromatic heterocycles. The molecule has 2 heterocycles. The second-order valence-corrected chi connectivity index (χ2v) is 5.56. The molecule has 7 nitrogen and oxygen atoms in total. The number of aliphatic hydroxyl groups is 1. The zero-order chi connectivity index (χ0) is 15.9. The summed E-state index contributed by atoms with van der Waals surface area (Å²) >= 11 is 0. The number of hydrogen-bond donors (Lipinski definition) is 1. The Bertz CT molecular complexity index is 810. The highest BCUT2D eigenvalue weighted by atomic mass is 16.3. The molecule has 0 aliphatic heterocycles. The predicted molar refractivity (Wildman–Crippen MR) is 80.4 cm³/mol. The van der Waals surface area contributed by atoms with Gasteiger partial charge in [-0.15, -0.1) is 6.58 Å². The zero-order valence-corrected chi connectivity index (χ0v) is 12.7. The van der Waals surface area contributed by atoms with Gasteiger partial charge in [0, 0.05) is 14.1 Å². The first-order valence-corrected chi connectivity index (χ1v) is 6.68. The Morgan fingerprint density at radius 2 is 2.05 bits per heavy atom. The van der Waals surface area contributed by atoms with Gasteiger partial charge in [-0.1, -0.05) is 6.08 Å². The van der Waals surface area contributed by atoms with Crippen LogP contribution in [0.15, 0.2) is 28.6 Å². The number of aryl methyl sites for hydroxylation is 1. The van der Waals surface area contributed by atoms with Crippen molar-refractivity contribution in [1.82, 2.24) is 18.7 Å². The van der Waals surface area contributed by atoms with Crippen LogP contribution in [0.25, 0.3) is 11.2 Å². The molecule has 2 aromatic rings. The zero-order valence-electron chi connectivity index (χ0n) is 12.7. The lowest BCUT2D eigenvalue weighted by atomic mass is 9.94. The van der Waals surface area contributed by atoms with Crippen molar-refractivity contribution in [2.45, 2.75) is 31.9 Å². The summed E-state index contributed by atoms with van der Waals surface area (Å²) in [6.07, 6.45) is 3.49. The third-order valence-corrected chi connectivity index (χ3v) is 4.04. The van der Waals surface area contributed by atoms with E-state index in [0.717, 1.165) is 4.57 Å². The van der Waals surface area contributed by atoms with Crippen LogP contribution in [-0.2, 0) is 14.1 Å². The van der Waals surface area contributed by atoms with Gasteiger partial charge in [0.05, 0.1) is 18.0 Å². The van der Waals surface area contributed by atoms with Gasteiger partial charge in [0.15, 0.2) is 5.52 Å². The molecule has 0 spiro atoms. The first-order chi connectivity index (χ1) is 9.72. The minimum absolute atomic E-state index is 0.209. The van der Waals surface area contributed by atoms with Crippen LogP contribution in [0.4, 0.5) is 0 Å². The van der Waals surface area contributed by atoms with E-state index in [-0.39, 0.29) is 11.6 Å². The highest BCUT2D eigenvalue weighted by Crippen LogP contribution is 2.27. The fraction of sp³-hybridized carbons (Fsp3) is 0.500. The van der Waals surface area contributed by atoms with Crippen LogP contribution in [0.5, 0.6) is 0 Å². The number of nitrogens with zero attached hydrogens (tertiary/aromatic N) is 4. The Morgan fingerprint density at radius 3 is 2.62 bits per heavy atom. The van der Waals surface area contributed by atoms with Crippen LogP contribution in [0, 0.1) is 0 Å². The average Bonchev–Trinajstić information content (AvgIpc) is 2.86. The number of fused-ring (bicyclic) bond motifs is 1. The lowest BCUT2D eigenvalue weighted by Crippen LogP contribution is -2.39. The first kappa shape index (κ1) is 15.2. The minimum Gasteiger partial charge on any atom is -0.388 e. The molecule has 0 aliphatic carbocycles. The summed E-state index contributed by atoms with van der Waals surface area (Å²) in [4.78, 5) is 28.3. The maximum Gasteiger partial charge on any atom is 0.332 e. The Balaban J connectivity index is 2.76. The molecule has 0 unspecified atom stereocenters. The fourth-order valence-electron chi connectivity index (χ4n) is 2.44. The van der Waals surface area contributed by atoms with Crippen molar-refractivity contribution >= 4 is 11.2 Å². The van der Waals surface area contributed by atoms with Crippen LogP contribution in [0.3, 0.4) is 0 Å². The predicted octanol–water partition coefficient (Wildman–Crippen LogP) is 0.322. The van der Waals surface area contributed by atoms with Gasteiger partial charge in [-0.3, -0.25) is 13.9 Å². The van der Waals surface area contributed by atoms with Crippen molar-refractivity contribution in [3.8, 4) is 0 Å². The Morgan fingerprint density at radius 1 is 1.43 bits per heavy atom. The quantitative estimate of drug-likeness (QED) is 0.823. The molecule has 0 radical (unpaired) electrons. The van der Waals surface area contributed by atoms with Crippen LogP contribution in [0.1, 0.15) is 26.3 Å². The maximum atomic E-state index is 12.1. The summed E-state index contributed by atoms with van der Waals surface area (Å²) < 4.78 is 4.04. The number of hydrogen-bond acceptors (Lipinski definition) is 4. The van der Waals surface area contributed by atoms with E-state index in [0.29, 0.717) is 12.1 Å². The van der Waals surface area contributed by atoms with E-state index in [4.69, 9.17) is 0 Å². The van der Waals surface area contributed by atoms with Crippen LogP contribution >= 0.6 is 0 Å². The molecule has 0 saturated heterocycles. The van der Waals surface area contributed by atoms with Crippen molar-refractivity contribution in [2.75, 3.05) is 0 Å². The van der Waals surface area contributed by atoms with E-state index in [1.165, 1.54) is 17.9 Å². The van der Waals surface area contributed by atoms with Crippen LogP contribution in [0.2, 0.25) is 0 Å². The maximum absolute atomic E-state index is 12.1. The summed E-state index contributed by atoms with van der Waals surface area (Å²) in [6.45, 7) is 7.13. The molecule has 0 fully saturated rings. The molecule has 0 amide bonds. The summed E-state index contributed by atoms with van der Waals surface area (Å²) in [5.41, 5.74) is -1.32. The van der Waals surface area contributed by atoms with Crippen molar-refractivity contribution < 1.29 is 5.11 Å². The molecule has 0 saturated carbocycles. The molecule has 0 bridgehead atoms. The minimum atomic E-state index is -1.06. The van der Waals surface area contributed by atoms with E-state index < -0.39 is 16.9 Å². The van der Waals surface area contributed by atoms with E-state index in [9.17, 15) is 14.7 Å². The van der Waals surface area contributed by atoms with Gasteiger partial charge < -0.3 is 9.67 Å². The van der Waals surface area contributed by atoms with Crippen molar-refractivity contribution in [3.63, 3.8) is 0 Å². The number of aromatic nitrogens is 4. The largest absolute Gasteiger partial charge is 0.388 e. The van der Waals surface area contributed by atoms with E-state index >= 15 is 0 Å². The summed E-state index contributed by atoms with van der Waals surface area (Å²) in [5, 5.41) is 10.5. The molecule has 0 aliphatic rings. The number of imidazole rings is 1. The first-order valence-electron chi connectivity index (χ1n) is 6.68. The SMILES string of the molecule is C=CC[C@](C)(O)[C@@H](C)n1cnc2c(=O)n(C)c(=O)n(C)c21. The second kappa shape index (κ2) is 5.00. The van der Waals surface area contributed by atoms with Crippen molar-refractivity contribution in [1.29, 1.82) is 0 Å². The van der Waals surface area contributed by atoms with Crippen molar-refractivity contribution in [3.05, 3.63) is 39.8 Å². The Kier molecular flexibility index (Phi) is 3.63. The van der Waals surface area contributed by atoms with Crippen LogP contribution in [-0.4, -0.2) is 29.4 Å². The third-order valence-electron chi connectivity index (χ3n) is 4.04. The van der Waals surface area contributed by atoms with Crippen molar-refractivity contribution in [2.24, 2.45) is 14.1 Å². The third kappa shape index (κ3) is 2.23. The van der Waals surface area contributed by atoms with Gasteiger partial charge in [-0.05, 0) is 20.3 Å². The monoisotopic (exact) mass is 292 g/mol. The highest BCUT2D eigenvalue weighted by molar-refractivity contribution is 5.70. The Labute approximate surface area is 121 Å². The molecule has 0 aromatic carbocycles. The highest BCUT2D eigenvalue weighted by Gasteiger charge is 2.30. The molecule has 114 valence electrons. The van der Waals surface area contributed by atoms with Gasteiger partial charge in [-0.25, -0.2) is 9.78 Å². The lowest BCUT2D eigenvalue weighted by molar-refractivity contribution is 0.0159. The second-order valence-electron chi connectivity index (χ2n) is 5.56. The molecule has 7 heteroatoms. The molecule has 1 N–H and O–H groups in total. The normalized spacial score (nSPS) is 15.9. The Hall–Kier alpha value is -2.15. The van der Waals surface area contributed by atoms with Gasteiger partial charge in [0.2, 0.25) is 0 Å². The molecule has 2 rings (SSSR count). The standard InChI is InChI=1S/C14H20N4O3/c1-6-7-14(3,21)9(2)18-8-15-10-11(18)16(4)13(20)17(5)12(10)19/h6,8-9,21H,1,7H2,2-5H3/t9-,14+/m1/s1. The molecular formula is C14H20N4O3. The summed E-state index contributed by atoms with van der Waals surface area (Å²) in [7, 11) is 3.00. The van der Waals surface area contributed by atoms with E-state index in [1.807, 2.05) is 6.92 Å². The van der Waals surface area contributed by atoms with Gasteiger partial charge in [0.1, 0.15) is 5.65 Å².